The number of carbonyl (C=O) groups excluding carboxylic acids is 3. The second-order valence-corrected chi connectivity index (χ2v) is 5.75. The molecule has 0 heterocycles. The number of nitrogens with one attached hydrogen (secondary N) is 2. The largest absolute Gasteiger partial charge is 0.465 e. The number of carbonyl (C=O) groups is 3. The maximum Gasteiger partial charge on any atom is 0.339 e. The quantitative estimate of drug-likeness (QED) is 0.610. The van der Waals surface area contributed by atoms with E-state index in [4.69, 9.17) is 23.2 Å². The fourth-order valence-corrected chi connectivity index (χ4v) is 2.30. The van der Waals surface area contributed by atoms with E-state index in [1.54, 1.807) is 24.3 Å². The predicted octanol–water partition coefficient (Wildman–Crippen LogP) is 3.75. The van der Waals surface area contributed by atoms with Gasteiger partial charge < -0.3 is 15.4 Å². The summed E-state index contributed by atoms with van der Waals surface area (Å²) in [5.41, 5.74) is 0.882. The van der Waals surface area contributed by atoms with Crippen LogP contribution in [0.3, 0.4) is 0 Å². The summed E-state index contributed by atoms with van der Waals surface area (Å²) in [6.07, 6.45) is -0.435. The normalized spacial score (nSPS) is 10.0. The first kappa shape index (κ1) is 18.8. The molecule has 130 valence electrons. The van der Waals surface area contributed by atoms with Crippen molar-refractivity contribution >= 4 is 52.4 Å². The highest BCUT2D eigenvalue weighted by atomic mass is 35.5. The van der Waals surface area contributed by atoms with E-state index in [-0.39, 0.29) is 16.3 Å². The lowest BCUT2D eigenvalue weighted by atomic mass is 10.1. The molecule has 0 radical (unpaired) electrons. The fraction of sp³-hybridized carbons (Fsp3) is 0.118. The summed E-state index contributed by atoms with van der Waals surface area (Å²) < 4.78 is 4.65. The predicted molar refractivity (Wildman–Crippen MR) is 96.1 cm³/mol. The van der Waals surface area contributed by atoms with Crippen molar-refractivity contribution < 1.29 is 19.1 Å². The zero-order valence-electron chi connectivity index (χ0n) is 13.1. The summed E-state index contributed by atoms with van der Waals surface area (Å²) in [5.74, 6) is -1.70. The molecule has 0 fully saturated rings. The van der Waals surface area contributed by atoms with Crippen molar-refractivity contribution in [3.8, 4) is 0 Å². The van der Waals surface area contributed by atoms with E-state index >= 15 is 0 Å². The van der Waals surface area contributed by atoms with Crippen LogP contribution < -0.4 is 10.6 Å². The molecule has 8 heteroatoms. The van der Waals surface area contributed by atoms with E-state index in [1.807, 2.05) is 0 Å². The minimum Gasteiger partial charge on any atom is -0.465 e. The molecule has 25 heavy (non-hydrogen) atoms. The van der Waals surface area contributed by atoms with Gasteiger partial charge in [-0.05, 0) is 30.3 Å². The summed E-state index contributed by atoms with van der Waals surface area (Å²) in [6, 6.07) is 10.9. The summed E-state index contributed by atoms with van der Waals surface area (Å²) in [7, 11) is 1.24. The molecule has 6 nitrogen and oxygen atoms in total. The highest BCUT2D eigenvalue weighted by Crippen LogP contribution is 2.25. The van der Waals surface area contributed by atoms with Crippen LogP contribution in [0.5, 0.6) is 0 Å². The molecule has 0 spiro atoms. The second-order valence-electron chi connectivity index (χ2n) is 4.94. The van der Waals surface area contributed by atoms with Crippen molar-refractivity contribution in [2.45, 2.75) is 6.42 Å². The van der Waals surface area contributed by atoms with Crippen LogP contribution in [0.25, 0.3) is 0 Å². The molecule has 0 saturated carbocycles. The van der Waals surface area contributed by atoms with Gasteiger partial charge in [0.1, 0.15) is 6.42 Å². The molecule has 2 aromatic carbocycles. The van der Waals surface area contributed by atoms with Crippen LogP contribution in [-0.4, -0.2) is 24.9 Å². The van der Waals surface area contributed by atoms with Gasteiger partial charge in [-0.1, -0.05) is 35.3 Å². The van der Waals surface area contributed by atoms with Crippen molar-refractivity contribution in [2.24, 2.45) is 0 Å². The lowest BCUT2D eigenvalue weighted by molar-refractivity contribution is -0.123. The number of esters is 1. The molecule has 0 atom stereocenters. The highest BCUT2D eigenvalue weighted by molar-refractivity contribution is 6.42. The molecule has 0 aliphatic carbocycles. The monoisotopic (exact) mass is 380 g/mol. The average molecular weight is 381 g/mol. The van der Waals surface area contributed by atoms with Gasteiger partial charge in [-0.25, -0.2) is 4.79 Å². The Labute approximate surface area is 154 Å². The van der Waals surface area contributed by atoms with Gasteiger partial charge >= 0.3 is 5.97 Å². The highest BCUT2D eigenvalue weighted by Gasteiger charge is 2.15. The van der Waals surface area contributed by atoms with Gasteiger partial charge in [-0.15, -0.1) is 0 Å². The number of ether oxygens (including phenoxy) is 1. The number of methoxy groups -OCH3 is 1. The first-order valence-corrected chi connectivity index (χ1v) is 7.88. The van der Waals surface area contributed by atoms with Crippen LogP contribution in [-0.2, 0) is 14.3 Å². The SMILES string of the molecule is COC(=O)c1ccccc1NC(=O)CC(=O)Nc1ccc(Cl)c(Cl)c1. The molecule has 0 aliphatic heterocycles. The standard InChI is InChI=1S/C17H14Cl2N2O4/c1-25-17(24)11-4-2-3-5-14(11)21-16(23)9-15(22)20-10-6-7-12(18)13(19)8-10/h2-8H,9H2,1H3,(H,20,22)(H,21,23). The van der Waals surface area contributed by atoms with Crippen LogP contribution in [0, 0.1) is 0 Å². The zero-order chi connectivity index (χ0) is 18.4. The van der Waals surface area contributed by atoms with Crippen LogP contribution in [0.15, 0.2) is 42.5 Å². The minimum atomic E-state index is -0.587. The van der Waals surface area contributed by atoms with Crippen molar-refractivity contribution in [1.82, 2.24) is 0 Å². The third kappa shape index (κ3) is 5.20. The van der Waals surface area contributed by atoms with Crippen molar-refractivity contribution in [3.05, 3.63) is 58.1 Å². The van der Waals surface area contributed by atoms with Crippen molar-refractivity contribution in [2.75, 3.05) is 17.7 Å². The van der Waals surface area contributed by atoms with Crippen LogP contribution in [0.4, 0.5) is 11.4 Å². The van der Waals surface area contributed by atoms with Crippen LogP contribution >= 0.6 is 23.2 Å². The Bertz CT molecular complexity index is 824. The van der Waals surface area contributed by atoms with E-state index < -0.39 is 24.2 Å². The van der Waals surface area contributed by atoms with Gasteiger partial charge in [0.05, 0.1) is 28.4 Å². The molecular formula is C17H14Cl2N2O4. The number of halogens is 2. The van der Waals surface area contributed by atoms with Gasteiger partial charge in [0.2, 0.25) is 11.8 Å². The summed E-state index contributed by atoms with van der Waals surface area (Å²) in [4.78, 5) is 35.6. The molecule has 2 rings (SSSR count). The smallest absolute Gasteiger partial charge is 0.339 e. The third-order valence-electron chi connectivity index (χ3n) is 3.13. The molecule has 2 aromatic rings. The number of hydrogen-bond donors (Lipinski definition) is 2. The Kier molecular flexibility index (Phi) is 6.38. The van der Waals surface area contributed by atoms with Gasteiger partial charge in [-0.3, -0.25) is 9.59 Å². The van der Waals surface area contributed by atoms with Crippen molar-refractivity contribution in [3.63, 3.8) is 0 Å². The number of hydrogen-bond acceptors (Lipinski definition) is 4. The summed E-state index contributed by atoms with van der Waals surface area (Å²) >= 11 is 11.7. The Morgan fingerprint density at radius 1 is 0.960 bits per heavy atom. The van der Waals surface area contributed by atoms with Crippen LogP contribution in [0.1, 0.15) is 16.8 Å². The second kappa shape index (κ2) is 8.50. The molecule has 0 saturated heterocycles. The first-order valence-electron chi connectivity index (χ1n) is 7.13. The van der Waals surface area contributed by atoms with E-state index in [0.29, 0.717) is 10.7 Å². The van der Waals surface area contributed by atoms with Gasteiger partial charge in [0.15, 0.2) is 0 Å². The molecular weight excluding hydrogens is 367 g/mol. The topological polar surface area (TPSA) is 84.5 Å². The molecule has 0 unspecified atom stereocenters. The summed E-state index contributed by atoms with van der Waals surface area (Å²) in [6.45, 7) is 0. The van der Waals surface area contributed by atoms with Gasteiger partial charge in [0.25, 0.3) is 0 Å². The van der Waals surface area contributed by atoms with E-state index in [9.17, 15) is 14.4 Å². The Morgan fingerprint density at radius 3 is 2.32 bits per heavy atom. The van der Waals surface area contributed by atoms with Gasteiger partial charge in [0, 0.05) is 5.69 Å². The van der Waals surface area contributed by atoms with E-state index in [1.165, 1.54) is 25.3 Å². The maximum atomic E-state index is 12.0. The Morgan fingerprint density at radius 2 is 1.64 bits per heavy atom. The molecule has 2 N–H and O–H groups in total. The van der Waals surface area contributed by atoms with E-state index in [2.05, 4.69) is 15.4 Å². The Balaban J connectivity index is 1.99. The Hall–Kier alpha value is -2.57. The average Bonchev–Trinajstić information content (AvgIpc) is 2.57. The van der Waals surface area contributed by atoms with Crippen LogP contribution in [0.2, 0.25) is 10.0 Å². The lowest BCUT2D eigenvalue weighted by Crippen LogP contribution is -2.22. The molecule has 0 aromatic heterocycles. The van der Waals surface area contributed by atoms with Gasteiger partial charge in [-0.2, -0.15) is 0 Å². The minimum absolute atomic E-state index is 0.197. The number of benzene rings is 2. The fourth-order valence-electron chi connectivity index (χ4n) is 2.00. The molecule has 0 aliphatic rings. The zero-order valence-corrected chi connectivity index (χ0v) is 14.6. The maximum absolute atomic E-state index is 12.0. The number of anilines is 2. The number of rotatable bonds is 5. The van der Waals surface area contributed by atoms with Crippen molar-refractivity contribution in [1.29, 1.82) is 0 Å². The summed E-state index contributed by atoms with van der Waals surface area (Å²) in [5, 5.41) is 5.70. The number of para-hydroxylation sites is 1. The number of amides is 2. The molecule has 0 bridgehead atoms. The molecule has 2 amide bonds. The third-order valence-corrected chi connectivity index (χ3v) is 3.87. The lowest BCUT2D eigenvalue weighted by Gasteiger charge is -2.10. The van der Waals surface area contributed by atoms with E-state index in [0.717, 1.165) is 0 Å². The first-order chi connectivity index (χ1) is 11.9.